The summed E-state index contributed by atoms with van der Waals surface area (Å²) in [7, 11) is 0. The molecule has 2 nitrogen and oxygen atoms in total. The first kappa shape index (κ1) is 12.4. The van der Waals surface area contributed by atoms with Crippen LogP contribution < -0.4 is 11.1 Å². The predicted octanol–water partition coefficient (Wildman–Crippen LogP) is 3.31. The van der Waals surface area contributed by atoms with Gasteiger partial charge in [-0.2, -0.15) is 0 Å². The molecule has 0 heterocycles. The van der Waals surface area contributed by atoms with Crippen molar-refractivity contribution in [1.29, 1.82) is 0 Å². The van der Waals surface area contributed by atoms with Crippen LogP contribution in [0.5, 0.6) is 0 Å². The number of nitrogens with one attached hydrogen (secondary N) is 1. The number of anilines is 1. The standard InChI is InChI=1S/C15H24N2/c1-12-5-3-7-14(9-12)17-15(11-16)8-4-6-13(2)10-15/h3,5,7,9,13,17H,4,6,8,10-11,16H2,1-2H3. The molecule has 0 amide bonds. The largest absolute Gasteiger partial charge is 0.378 e. The first-order chi connectivity index (χ1) is 8.13. The molecule has 1 saturated carbocycles. The van der Waals surface area contributed by atoms with E-state index in [0.29, 0.717) is 0 Å². The van der Waals surface area contributed by atoms with Crippen LogP contribution in [0, 0.1) is 12.8 Å². The lowest BCUT2D eigenvalue weighted by molar-refractivity contribution is 0.264. The van der Waals surface area contributed by atoms with Gasteiger partial charge in [0.2, 0.25) is 0 Å². The van der Waals surface area contributed by atoms with Gasteiger partial charge in [-0.1, -0.05) is 31.9 Å². The minimum Gasteiger partial charge on any atom is -0.378 e. The first-order valence-electron chi connectivity index (χ1n) is 6.68. The fraction of sp³-hybridized carbons (Fsp3) is 0.600. The van der Waals surface area contributed by atoms with Crippen molar-refractivity contribution in [2.45, 2.75) is 45.1 Å². The van der Waals surface area contributed by atoms with E-state index in [4.69, 9.17) is 5.73 Å². The van der Waals surface area contributed by atoms with Crippen molar-refractivity contribution in [2.75, 3.05) is 11.9 Å². The van der Waals surface area contributed by atoms with Gasteiger partial charge in [0.1, 0.15) is 0 Å². The zero-order valence-corrected chi connectivity index (χ0v) is 11.0. The minimum atomic E-state index is 0.117. The number of rotatable bonds is 3. The first-order valence-corrected chi connectivity index (χ1v) is 6.68. The molecular formula is C15H24N2. The van der Waals surface area contributed by atoms with Crippen LogP contribution in [-0.2, 0) is 0 Å². The lowest BCUT2D eigenvalue weighted by Crippen LogP contribution is -2.48. The number of benzene rings is 1. The molecule has 2 heteroatoms. The summed E-state index contributed by atoms with van der Waals surface area (Å²) in [6.45, 7) is 5.19. The van der Waals surface area contributed by atoms with Gasteiger partial charge in [-0.05, 0) is 43.4 Å². The second-order valence-electron chi connectivity index (χ2n) is 5.68. The molecule has 0 aliphatic heterocycles. The van der Waals surface area contributed by atoms with Gasteiger partial charge in [0.15, 0.2) is 0 Å². The third kappa shape index (κ3) is 3.01. The van der Waals surface area contributed by atoms with Gasteiger partial charge in [0.25, 0.3) is 0 Å². The van der Waals surface area contributed by atoms with Gasteiger partial charge in [0, 0.05) is 17.8 Å². The molecule has 1 fully saturated rings. The quantitative estimate of drug-likeness (QED) is 0.839. The molecule has 94 valence electrons. The predicted molar refractivity (Wildman–Crippen MR) is 74.2 cm³/mol. The molecule has 0 spiro atoms. The van der Waals surface area contributed by atoms with Crippen molar-refractivity contribution in [1.82, 2.24) is 0 Å². The molecule has 2 atom stereocenters. The second kappa shape index (κ2) is 5.09. The molecule has 2 rings (SSSR count). The van der Waals surface area contributed by atoms with E-state index >= 15 is 0 Å². The zero-order chi connectivity index (χ0) is 12.3. The van der Waals surface area contributed by atoms with Crippen molar-refractivity contribution in [3.8, 4) is 0 Å². The molecule has 1 aromatic carbocycles. The Morgan fingerprint density at radius 2 is 2.29 bits per heavy atom. The molecule has 0 aromatic heterocycles. The number of nitrogens with two attached hydrogens (primary N) is 1. The molecule has 1 aliphatic rings. The molecule has 0 bridgehead atoms. The SMILES string of the molecule is Cc1cccc(NC2(CN)CCCC(C)C2)c1. The molecule has 1 aliphatic carbocycles. The van der Waals surface area contributed by atoms with Crippen molar-refractivity contribution in [3.05, 3.63) is 29.8 Å². The fourth-order valence-electron chi connectivity index (χ4n) is 3.04. The van der Waals surface area contributed by atoms with Crippen LogP contribution >= 0.6 is 0 Å². The van der Waals surface area contributed by atoms with E-state index in [2.05, 4.69) is 43.4 Å². The van der Waals surface area contributed by atoms with Crippen LogP contribution in [0.2, 0.25) is 0 Å². The Bertz CT molecular complexity index is 375. The Labute approximate surface area is 105 Å². The van der Waals surface area contributed by atoms with Gasteiger partial charge < -0.3 is 11.1 Å². The molecule has 17 heavy (non-hydrogen) atoms. The summed E-state index contributed by atoms with van der Waals surface area (Å²) in [6.07, 6.45) is 5.02. The lowest BCUT2D eigenvalue weighted by Gasteiger charge is -2.40. The summed E-state index contributed by atoms with van der Waals surface area (Å²) in [5.41, 5.74) is 8.65. The Balaban J connectivity index is 2.13. The monoisotopic (exact) mass is 232 g/mol. The topological polar surface area (TPSA) is 38.0 Å². The van der Waals surface area contributed by atoms with E-state index < -0.39 is 0 Å². The average molecular weight is 232 g/mol. The number of hydrogen-bond donors (Lipinski definition) is 2. The maximum Gasteiger partial charge on any atom is 0.0498 e. The fourth-order valence-corrected chi connectivity index (χ4v) is 3.04. The summed E-state index contributed by atoms with van der Waals surface area (Å²) in [5, 5.41) is 3.69. The van der Waals surface area contributed by atoms with E-state index in [0.717, 1.165) is 12.5 Å². The zero-order valence-electron chi connectivity index (χ0n) is 11.0. The Hall–Kier alpha value is -1.02. The Morgan fingerprint density at radius 3 is 2.94 bits per heavy atom. The highest BCUT2D eigenvalue weighted by Gasteiger charge is 2.33. The molecule has 0 saturated heterocycles. The third-order valence-corrected chi connectivity index (χ3v) is 3.91. The van der Waals surface area contributed by atoms with Crippen molar-refractivity contribution in [3.63, 3.8) is 0 Å². The van der Waals surface area contributed by atoms with Crippen molar-refractivity contribution in [2.24, 2.45) is 11.7 Å². The van der Waals surface area contributed by atoms with E-state index in [-0.39, 0.29) is 5.54 Å². The van der Waals surface area contributed by atoms with Gasteiger partial charge in [-0.15, -0.1) is 0 Å². The summed E-state index contributed by atoms with van der Waals surface area (Å²) in [5.74, 6) is 0.782. The summed E-state index contributed by atoms with van der Waals surface area (Å²) < 4.78 is 0. The van der Waals surface area contributed by atoms with E-state index in [1.807, 2.05) is 0 Å². The van der Waals surface area contributed by atoms with E-state index in [9.17, 15) is 0 Å². The lowest BCUT2D eigenvalue weighted by atomic mass is 9.76. The van der Waals surface area contributed by atoms with Crippen LogP contribution in [-0.4, -0.2) is 12.1 Å². The van der Waals surface area contributed by atoms with E-state index in [1.165, 1.54) is 36.9 Å². The highest BCUT2D eigenvalue weighted by molar-refractivity contribution is 5.48. The van der Waals surface area contributed by atoms with Crippen LogP contribution in [0.15, 0.2) is 24.3 Å². The molecule has 3 N–H and O–H groups in total. The van der Waals surface area contributed by atoms with Crippen molar-refractivity contribution >= 4 is 5.69 Å². The molecular weight excluding hydrogens is 208 g/mol. The third-order valence-electron chi connectivity index (χ3n) is 3.91. The number of aryl methyl sites for hydroxylation is 1. The molecule has 2 unspecified atom stereocenters. The van der Waals surface area contributed by atoms with Crippen LogP contribution in [0.1, 0.15) is 38.2 Å². The van der Waals surface area contributed by atoms with E-state index in [1.54, 1.807) is 0 Å². The second-order valence-corrected chi connectivity index (χ2v) is 5.68. The van der Waals surface area contributed by atoms with Gasteiger partial charge >= 0.3 is 0 Å². The van der Waals surface area contributed by atoms with Crippen LogP contribution in [0.4, 0.5) is 5.69 Å². The minimum absolute atomic E-state index is 0.117. The van der Waals surface area contributed by atoms with Crippen LogP contribution in [0.3, 0.4) is 0 Å². The number of hydrogen-bond acceptors (Lipinski definition) is 2. The smallest absolute Gasteiger partial charge is 0.0498 e. The normalized spacial score (nSPS) is 29.0. The Morgan fingerprint density at radius 1 is 1.47 bits per heavy atom. The summed E-state index contributed by atoms with van der Waals surface area (Å²) in [4.78, 5) is 0. The van der Waals surface area contributed by atoms with Gasteiger partial charge in [-0.25, -0.2) is 0 Å². The highest BCUT2D eigenvalue weighted by atomic mass is 15.0. The van der Waals surface area contributed by atoms with Crippen molar-refractivity contribution < 1.29 is 0 Å². The highest BCUT2D eigenvalue weighted by Crippen LogP contribution is 2.34. The van der Waals surface area contributed by atoms with Gasteiger partial charge in [0.05, 0.1) is 0 Å². The molecule has 0 radical (unpaired) electrons. The molecule has 1 aromatic rings. The maximum absolute atomic E-state index is 6.02. The van der Waals surface area contributed by atoms with Gasteiger partial charge in [-0.3, -0.25) is 0 Å². The summed E-state index contributed by atoms with van der Waals surface area (Å²) >= 11 is 0. The Kier molecular flexibility index (Phi) is 3.72. The average Bonchev–Trinajstić information content (AvgIpc) is 2.29. The maximum atomic E-state index is 6.02. The van der Waals surface area contributed by atoms with Crippen LogP contribution in [0.25, 0.3) is 0 Å². The summed E-state index contributed by atoms with van der Waals surface area (Å²) in [6, 6.07) is 8.58.